The third-order valence-electron chi connectivity index (χ3n) is 9.18. The van der Waals surface area contributed by atoms with Crippen LogP contribution in [0.4, 0.5) is 0 Å². The predicted molar refractivity (Wildman–Crippen MR) is 200 cm³/mol. The maximum absolute atomic E-state index is 12.3. The molecule has 0 fully saturated rings. The van der Waals surface area contributed by atoms with Crippen LogP contribution in [-0.2, 0) is 22.4 Å². The molecule has 0 radical (unpaired) electrons. The maximum Gasteiger partial charge on any atom is 0.334 e. The van der Waals surface area contributed by atoms with Crippen LogP contribution < -0.4 is 0 Å². The third kappa shape index (κ3) is 20.1. The fraction of sp³-hybridized carbons (Fsp3) is 0.614. The van der Waals surface area contributed by atoms with Crippen LogP contribution in [0.15, 0.2) is 60.7 Å². The van der Waals surface area contributed by atoms with Crippen LogP contribution in [-0.4, -0.2) is 22.0 Å². The number of carbonyl (C=O) groups excluding carboxylic acids is 1. The molecule has 0 saturated carbocycles. The van der Waals surface area contributed by atoms with Crippen molar-refractivity contribution in [1.82, 2.24) is 9.97 Å². The van der Waals surface area contributed by atoms with Gasteiger partial charge in [-0.2, -0.15) is 0 Å². The van der Waals surface area contributed by atoms with Gasteiger partial charge in [0, 0.05) is 56.0 Å². The molecular formula is C44H62N2O2. The lowest BCUT2D eigenvalue weighted by atomic mass is 10.0. The van der Waals surface area contributed by atoms with Crippen LogP contribution in [0, 0.1) is 23.7 Å². The van der Waals surface area contributed by atoms with Crippen molar-refractivity contribution < 1.29 is 9.53 Å². The Bertz CT molecular complexity index is 1250. The molecule has 2 aromatic heterocycles. The fourth-order valence-corrected chi connectivity index (χ4v) is 6.25. The molecule has 0 saturated heterocycles. The number of aromatic nitrogens is 2. The summed E-state index contributed by atoms with van der Waals surface area (Å²) in [5.74, 6) is 13.3. The minimum absolute atomic E-state index is 0.0394. The Kier molecular flexibility index (Phi) is 22.4. The van der Waals surface area contributed by atoms with Gasteiger partial charge in [-0.3, -0.25) is 9.97 Å². The Balaban J connectivity index is 1.05. The van der Waals surface area contributed by atoms with Gasteiger partial charge in [0.2, 0.25) is 0 Å². The first kappa shape index (κ1) is 39.1. The van der Waals surface area contributed by atoms with Crippen molar-refractivity contribution in [3.05, 3.63) is 71.8 Å². The van der Waals surface area contributed by atoms with Crippen LogP contribution >= 0.6 is 0 Å². The zero-order chi connectivity index (χ0) is 33.6. The molecule has 0 bridgehead atoms. The summed E-state index contributed by atoms with van der Waals surface area (Å²) in [6.45, 7) is 0. The lowest BCUT2D eigenvalue weighted by molar-refractivity contribution is -0.140. The molecule has 3 rings (SSSR count). The highest BCUT2D eigenvalue weighted by molar-refractivity contribution is 5.90. The van der Waals surface area contributed by atoms with Crippen LogP contribution in [0.2, 0.25) is 0 Å². The summed E-state index contributed by atoms with van der Waals surface area (Å²) in [6.07, 6.45) is 40.0. The van der Waals surface area contributed by atoms with Crippen LogP contribution in [0.3, 0.4) is 0 Å². The van der Waals surface area contributed by atoms with E-state index in [9.17, 15) is 4.79 Å². The van der Waals surface area contributed by atoms with Gasteiger partial charge in [0.25, 0.3) is 0 Å². The number of esters is 1. The van der Waals surface area contributed by atoms with E-state index >= 15 is 0 Å². The van der Waals surface area contributed by atoms with E-state index in [2.05, 4.69) is 51.9 Å². The molecule has 0 amide bonds. The minimum Gasteiger partial charge on any atom is -0.455 e. The van der Waals surface area contributed by atoms with Gasteiger partial charge in [-0.1, -0.05) is 76.3 Å². The quantitative estimate of drug-likeness (QED) is 0.0577. The molecule has 4 nitrogen and oxygen atoms in total. The van der Waals surface area contributed by atoms with Crippen molar-refractivity contribution in [3.8, 4) is 23.7 Å². The molecule has 0 N–H and O–H groups in total. The summed E-state index contributed by atoms with van der Waals surface area (Å²) < 4.78 is 5.60. The van der Waals surface area contributed by atoms with E-state index in [0.29, 0.717) is 0 Å². The van der Waals surface area contributed by atoms with Gasteiger partial charge in [0.15, 0.2) is 0 Å². The van der Waals surface area contributed by atoms with Crippen molar-refractivity contribution in [2.45, 2.75) is 173 Å². The third-order valence-corrected chi connectivity index (χ3v) is 9.18. The predicted octanol–water partition coefficient (Wildman–Crippen LogP) is 11.5. The number of ether oxygens (including phenoxy) is 1. The number of unbranched alkanes of at least 4 members (excludes halogenated alkanes) is 18. The van der Waals surface area contributed by atoms with Crippen LogP contribution in [0.1, 0.15) is 165 Å². The number of pyridine rings is 2. The molecule has 3 heterocycles. The lowest BCUT2D eigenvalue weighted by Crippen LogP contribution is -2.08. The maximum atomic E-state index is 12.3. The number of nitrogens with zero attached hydrogens (tertiary/aromatic N) is 2. The number of carbonyl (C=O) groups is 1. The first-order chi connectivity index (χ1) is 23.8. The van der Waals surface area contributed by atoms with Crippen molar-refractivity contribution in [2.24, 2.45) is 0 Å². The zero-order valence-corrected chi connectivity index (χ0v) is 29.9. The first-order valence-electron chi connectivity index (χ1n) is 19.4. The second-order valence-electron chi connectivity index (χ2n) is 13.5. The van der Waals surface area contributed by atoms with E-state index in [0.717, 1.165) is 82.6 Å². The van der Waals surface area contributed by atoms with E-state index in [-0.39, 0.29) is 12.1 Å². The number of hydrogen-bond donors (Lipinski definition) is 0. The van der Waals surface area contributed by atoms with Gasteiger partial charge in [-0.25, -0.2) is 4.79 Å². The Morgan fingerprint density at radius 3 is 1.42 bits per heavy atom. The normalized spacial score (nSPS) is 13.7. The molecular weight excluding hydrogens is 588 g/mol. The van der Waals surface area contributed by atoms with Gasteiger partial charge in [0.1, 0.15) is 6.10 Å². The van der Waals surface area contributed by atoms with E-state index in [1.54, 1.807) is 0 Å². The lowest BCUT2D eigenvalue weighted by Gasteiger charge is -2.06. The molecule has 0 aromatic carbocycles. The van der Waals surface area contributed by atoms with E-state index < -0.39 is 0 Å². The number of aryl methyl sites for hydroxylation is 2. The minimum atomic E-state index is -0.107. The van der Waals surface area contributed by atoms with Gasteiger partial charge in [0.05, 0.1) is 0 Å². The highest BCUT2D eigenvalue weighted by Gasteiger charge is 2.24. The fourth-order valence-electron chi connectivity index (χ4n) is 6.25. The highest BCUT2D eigenvalue weighted by Crippen LogP contribution is 2.23. The largest absolute Gasteiger partial charge is 0.455 e. The van der Waals surface area contributed by atoms with Crippen molar-refractivity contribution >= 4 is 5.97 Å². The molecule has 0 aliphatic carbocycles. The number of rotatable bonds is 26. The standard InChI is InChI=1S/C44H62N2O2/c47-44-42(33-25-21-17-13-9-5-1-3-7-11-15-19-23-29-40-31-27-35-45-38-40)37-43(48-44)34-26-22-18-14-10-6-2-4-8-12-16-20-24-30-41-32-28-36-46-39-41/h27-28,31-32,35-39,43H,1-8,11-12,15-26,29-30,33-34H2. The Morgan fingerprint density at radius 1 is 0.521 bits per heavy atom. The Morgan fingerprint density at radius 2 is 0.938 bits per heavy atom. The second kappa shape index (κ2) is 27.6. The van der Waals surface area contributed by atoms with E-state index in [1.807, 2.05) is 36.9 Å². The topological polar surface area (TPSA) is 52.1 Å². The molecule has 48 heavy (non-hydrogen) atoms. The summed E-state index contributed by atoms with van der Waals surface area (Å²) in [5.41, 5.74) is 3.58. The van der Waals surface area contributed by atoms with E-state index in [4.69, 9.17) is 4.74 Å². The molecule has 1 aliphatic rings. The van der Waals surface area contributed by atoms with Gasteiger partial charge in [-0.05, 0) is 106 Å². The summed E-state index contributed by atoms with van der Waals surface area (Å²) in [5, 5.41) is 0. The second-order valence-corrected chi connectivity index (χ2v) is 13.5. The highest BCUT2D eigenvalue weighted by atomic mass is 16.5. The van der Waals surface area contributed by atoms with Crippen molar-refractivity contribution in [2.75, 3.05) is 0 Å². The smallest absolute Gasteiger partial charge is 0.334 e. The van der Waals surface area contributed by atoms with Gasteiger partial charge >= 0.3 is 5.97 Å². The molecule has 2 aromatic rings. The number of hydrogen-bond acceptors (Lipinski definition) is 4. The van der Waals surface area contributed by atoms with Crippen molar-refractivity contribution in [1.29, 1.82) is 0 Å². The molecule has 0 spiro atoms. The monoisotopic (exact) mass is 650 g/mol. The zero-order valence-electron chi connectivity index (χ0n) is 29.9. The average Bonchev–Trinajstić information content (AvgIpc) is 3.47. The number of cyclic esters (lactones) is 1. The summed E-state index contributed by atoms with van der Waals surface area (Å²) in [7, 11) is 0. The van der Waals surface area contributed by atoms with Crippen LogP contribution in [0.5, 0.6) is 0 Å². The first-order valence-corrected chi connectivity index (χ1v) is 19.4. The van der Waals surface area contributed by atoms with Crippen LogP contribution in [0.25, 0.3) is 0 Å². The van der Waals surface area contributed by atoms with Gasteiger partial charge in [-0.15, -0.1) is 23.7 Å². The Labute approximate surface area is 293 Å². The van der Waals surface area contributed by atoms with E-state index in [1.165, 1.54) is 101 Å². The average molecular weight is 651 g/mol. The molecule has 1 unspecified atom stereocenters. The molecule has 260 valence electrons. The summed E-state index contributed by atoms with van der Waals surface area (Å²) in [4.78, 5) is 20.6. The SMILES string of the molecule is O=C1OC(CCCCC#CCCCCCCCCCc2cccnc2)C=C1CCCCC#CCCCCCCCCCc1cccnc1. The van der Waals surface area contributed by atoms with Gasteiger partial charge < -0.3 is 4.74 Å². The summed E-state index contributed by atoms with van der Waals surface area (Å²) >= 11 is 0. The Hall–Kier alpha value is -3.37. The molecule has 1 aliphatic heterocycles. The molecule has 1 atom stereocenters. The van der Waals surface area contributed by atoms with Crippen molar-refractivity contribution in [3.63, 3.8) is 0 Å². The molecule has 4 heteroatoms. The summed E-state index contributed by atoms with van der Waals surface area (Å²) in [6, 6.07) is 8.39.